The van der Waals surface area contributed by atoms with Gasteiger partial charge in [-0.25, -0.2) is 4.99 Å². The fraction of sp³-hybridized carbons (Fsp3) is 0.208. The summed E-state index contributed by atoms with van der Waals surface area (Å²) in [6, 6.07) is 16.7. The molecule has 2 N–H and O–H groups in total. The third kappa shape index (κ3) is 6.05. The van der Waals surface area contributed by atoms with E-state index in [9.17, 15) is 4.79 Å². The van der Waals surface area contributed by atoms with Gasteiger partial charge in [-0.1, -0.05) is 25.1 Å². The Hall–Kier alpha value is -3.87. The molecule has 1 heterocycles. The number of carbonyl (C=O) groups excluding carboxylic acids is 1. The van der Waals surface area contributed by atoms with Crippen molar-refractivity contribution in [2.75, 3.05) is 19.5 Å². The Morgan fingerprint density at radius 1 is 1.00 bits per heavy atom. The second kappa shape index (κ2) is 10.8. The Kier molecular flexibility index (Phi) is 7.59. The zero-order chi connectivity index (χ0) is 22.1. The number of aromatic nitrogens is 1. The van der Waals surface area contributed by atoms with Crippen molar-refractivity contribution in [2.45, 2.75) is 19.9 Å². The first-order valence-corrected chi connectivity index (χ1v) is 9.95. The molecule has 0 aliphatic carbocycles. The largest absolute Gasteiger partial charge is 0.493 e. The first kappa shape index (κ1) is 21.8. The summed E-state index contributed by atoms with van der Waals surface area (Å²) in [6.07, 6.45) is 4.36. The third-order valence-electron chi connectivity index (χ3n) is 4.65. The number of methoxy groups -OCH3 is 2. The second-order valence-corrected chi connectivity index (χ2v) is 6.73. The fourth-order valence-electron chi connectivity index (χ4n) is 2.89. The maximum Gasteiger partial charge on any atom is 0.257 e. The molecule has 0 spiro atoms. The molecule has 0 fully saturated rings. The molecule has 0 atom stereocenters. The van der Waals surface area contributed by atoms with Crippen molar-refractivity contribution >= 4 is 17.6 Å². The van der Waals surface area contributed by atoms with Crippen LogP contribution in [-0.2, 0) is 13.0 Å². The van der Waals surface area contributed by atoms with Gasteiger partial charge in [-0.3, -0.25) is 15.1 Å². The average molecular weight is 418 g/mol. The molecule has 0 radical (unpaired) electrons. The van der Waals surface area contributed by atoms with Crippen molar-refractivity contribution in [3.63, 3.8) is 0 Å². The normalized spacial score (nSPS) is 11.0. The minimum absolute atomic E-state index is 0.249. The molecule has 160 valence electrons. The molecule has 2 aromatic carbocycles. The number of nitrogens with one attached hydrogen (secondary N) is 2. The molecule has 1 aromatic heterocycles. The van der Waals surface area contributed by atoms with Gasteiger partial charge in [0.05, 0.1) is 20.8 Å². The highest BCUT2D eigenvalue weighted by Gasteiger charge is 2.11. The van der Waals surface area contributed by atoms with E-state index in [4.69, 9.17) is 9.47 Å². The van der Waals surface area contributed by atoms with E-state index in [2.05, 4.69) is 27.5 Å². The fourth-order valence-corrected chi connectivity index (χ4v) is 2.89. The molecular formula is C24H26N4O3. The van der Waals surface area contributed by atoms with Crippen LogP contribution in [0.25, 0.3) is 0 Å². The minimum Gasteiger partial charge on any atom is -0.493 e. The number of aliphatic imine (C=N–C) groups is 1. The van der Waals surface area contributed by atoms with Crippen LogP contribution in [0.2, 0.25) is 0 Å². The van der Waals surface area contributed by atoms with Gasteiger partial charge in [-0.05, 0) is 47.9 Å². The lowest BCUT2D eigenvalue weighted by Gasteiger charge is -2.14. The lowest BCUT2D eigenvalue weighted by Crippen LogP contribution is -2.36. The number of anilines is 1. The predicted molar refractivity (Wildman–Crippen MR) is 122 cm³/mol. The van der Waals surface area contributed by atoms with Crippen LogP contribution in [0.5, 0.6) is 11.5 Å². The van der Waals surface area contributed by atoms with Crippen LogP contribution < -0.4 is 20.1 Å². The first-order valence-electron chi connectivity index (χ1n) is 9.95. The Bertz CT molecular complexity index is 1030. The molecule has 0 aliphatic heterocycles. The Morgan fingerprint density at radius 3 is 2.42 bits per heavy atom. The zero-order valence-corrected chi connectivity index (χ0v) is 17.9. The van der Waals surface area contributed by atoms with Gasteiger partial charge in [-0.15, -0.1) is 0 Å². The van der Waals surface area contributed by atoms with Gasteiger partial charge < -0.3 is 14.8 Å². The van der Waals surface area contributed by atoms with Gasteiger partial charge in [0.1, 0.15) is 0 Å². The maximum atomic E-state index is 12.8. The van der Waals surface area contributed by atoms with Crippen LogP contribution in [0.3, 0.4) is 0 Å². The van der Waals surface area contributed by atoms with Crippen LogP contribution in [0.4, 0.5) is 5.69 Å². The average Bonchev–Trinajstić information content (AvgIpc) is 2.83. The highest BCUT2D eigenvalue weighted by atomic mass is 16.5. The van der Waals surface area contributed by atoms with E-state index >= 15 is 0 Å². The van der Waals surface area contributed by atoms with Crippen LogP contribution in [0, 0.1) is 0 Å². The van der Waals surface area contributed by atoms with Gasteiger partial charge in [0.2, 0.25) is 5.96 Å². The SMILES string of the molecule is CCc1ccc(C(=O)NC(=NCc2cccnc2)Nc2ccc(OC)c(OC)c2)cc1. The molecule has 3 aromatic rings. The topological polar surface area (TPSA) is 84.8 Å². The van der Waals surface area contributed by atoms with Gasteiger partial charge in [0.15, 0.2) is 11.5 Å². The number of hydrogen-bond donors (Lipinski definition) is 2. The Balaban J connectivity index is 1.82. The molecule has 1 amide bonds. The van der Waals surface area contributed by atoms with E-state index in [-0.39, 0.29) is 5.91 Å². The quantitative estimate of drug-likeness (QED) is 0.446. The molecule has 7 nitrogen and oxygen atoms in total. The van der Waals surface area contributed by atoms with Crippen LogP contribution >= 0.6 is 0 Å². The van der Waals surface area contributed by atoms with E-state index < -0.39 is 0 Å². The minimum atomic E-state index is -0.249. The monoisotopic (exact) mass is 418 g/mol. The van der Waals surface area contributed by atoms with Gasteiger partial charge in [0, 0.05) is 29.7 Å². The highest BCUT2D eigenvalue weighted by molar-refractivity contribution is 6.10. The van der Waals surface area contributed by atoms with E-state index in [0.717, 1.165) is 12.0 Å². The number of amides is 1. The summed E-state index contributed by atoms with van der Waals surface area (Å²) in [7, 11) is 3.15. The van der Waals surface area contributed by atoms with Gasteiger partial charge >= 0.3 is 0 Å². The standard InChI is InChI=1S/C24H26N4O3/c1-4-17-7-9-19(10-8-17)23(29)28-24(26-16-18-6-5-13-25-15-18)27-20-11-12-21(30-2)22(14-20)31-3/h5-15H,4,16H2,1-3H3,(H2,26,27,28,29). The number of aryl methyl sites for hydroxylation is 1. The van der Waals surface area contributed by atoms with E-state index in [0.29, 0.717) is 35.3 Å². The molecule has 0 saturated carbocycles. The molecular weight excluding hydrogens is 392 g/mol. The summed E-state index contributed by atoms with van der Waals surface area (Å²) in [6.45, 7) is 2.43. The molecule has 0 saturated heterocycles. The van der Waals surface area contributed by atoms with Crippen molar-refractivity contribution in [3.05, 3.63) is 83.7 Å². The van der Waals surface area contributed by atoms with Crippen molar-refractivity contribution in [1.29, 1.82) is 0 Å². The van der Waals surface area contributed by atoms with E-state index in [1.807, 2.05) is 42.5 Å². The number of guanidine groups is 1. The van der Waals surface area contributed by atoms with Crippen molar-refractivity contribution < 1.29 is 14.3 Å². The van der Waals surface area contributed by atoms with Crippen molar-refractivity contribution in [3.8, 4) is 11.5 Å². The van der Waals surface area contributed by atoms with Crippen LogP contribution in [0.15, 0.2) is 72.0 Å². The number of hydrogen-bond acceptors (Lipinski definition) is 5. The number of ether oxygens (including phenoxy) is 2. The number of benzene rings is 2. The third-order valence-corrected chi connectivity index (χ3v) is 4.65. The summed E-state index contributed by atoms with van der Waals surface area (Å²) >= 11 is 0. The van der Waals surface area contributed by atoms with Gasteiger partial charge in [0.25, 0.3) is 5.91 Å². The second-order valence-electron chi connectivity index (χ2n) is 6.73. The lowest BCUT2D eigenvalue weighted by atomic mass is 10.1. The zero-order valence-electron chi connectivity index (χ0n) is 17.9. The molecule has 0 unspecified atom stereocenters. The van der Waals surface area contributed by atoms with Crippen LogP contribution in [0.1, 0.15) is 28.4 Å². The first-order chi connectivity index (χ1) is 15.1. The summed E-state index contributed by atoms with van der Waals surface area (Å²) < 4.78 is 10.6. The highest BCUT2D eigenvalue weighted by Crippen LogP contribution is 2.29. The van der Waals surface area contributed by atoms with Crippen LogP contribution in [-0.4, -0.2) is 31.1 Å². The predicted octanol–water partition coefficient (Wildman–Crippen LogP) is 4.06. The number of nitrogens with zero attached hydrogens (tertiary/aromatic N) is 2. The van der Waals surface area contributed by atoms with Gasteiger partial charge in [-0.2, -0.15) is 0 Å². The molecule has 7 heteroatoms. The number of pyridine rings is 1. The molecule has 0 aliphatic rings. The lowest BCUT2D eigenvalue weighted by molar-refractivity contribution is 0.0977. The molecule has 0 bridgehead atoms. The van der Waals surface area contributed by atoms with E-state index in [1.54, 1.807) is 38.7 Å². The number of rotatable bonds is 7. The molecule has 31 heavy (non-hydrogen) atoms. The smallest absolute Gasteiger partial charge is 0.257 e. The summed E-state index contributed by atoms with van der Waals surface area (Å²) in [5.74, 6) is 1.25. The van der Waals surface area contributed by atoms with E-state index in [1.165, 1.54) is 5.56 Å². The number of carbonyl (C=O) groups is 1. The summed E-state index contributed by atoms with van der Waals surface area (Å²) in [5, 5.41) is 6.02. The Labute approximate surface area is 182 Å². The maximum absolute atomic E-state index is 12.8. The summed E-state index contributed by atoms with van der Waals surface area (Å²) in [5.41, 5.74) is 3.35. The Morgan fingerprint density at radius 2 is 1.77 bits per heavy atom. The summed E-state index contributed by atoms with van der Waals surface area (Å²) in [4.78, 5) is 21.4. The molecule has 3 rings (SSSR count). The van der Waals surface area contributed by atoms with Crippen molar-refractivity contribution in [1.82, 2.24) is 10.3 Å². The van der Waals surface area contributed by atoms with Crippen molar-refractivity contribution in [2.24, 2.45) is 4.99 Å².